The third-order valence-electron chi connectivity index (χ3n) is 6.45. The minimum Gasteiger partial charge on any atom is -0.344 e. The van der Waals surface area contributed by atoms with E-state index in [2.05, 4.69) is 49.5 Å². The molecular weight excluding hydrogens is 440 g/mol. The number of hydrogen-bond donors (Lipinski definition) is 1. The number of nitrogens with one attached hydrogen (secondary N) is 1. The fraction of sp³-hybridized carbons (Fsp3) is 0.310. The van der Waals surface area contributed by atoms with Crippen molar-refractivity contribution in [3.05, 3.63) is 99.8 Å². The van der Waals surface area contributed by atoms with Gasteiger partial charge < -0.3 is 10.2 Å². The lowest BCUT2D eigenvalue weighted by Gasteiger charge is -2.31. The van der Waals surface area contributed by atoms with Gasteiger partial charge in [-0.05, 0) is 53.0 Å². The van der Waals surface area contributed by atoms with Crippen molar-refractivity contribution < 1.29 is 9.59 Å². The maximum Gasteiger partial charge on any atom is 0.246 e. The Kier molecular flexibility index (Phi) is 7.96. The van der Waals surface area contributed by atoms with Crippen molar-refractivity contribution in [3.8, 4) is 0 Å². The van der Waals surface area contributed by atoms with Gasteiger partial charge in [0.1, 0.15) is 0 Å². The van der Waals surface area contributed by atoms with E-state index in [1.165, 1.54) is 5.56 Å². The molecule has 4 rings (SSSR count). The molecule has 34 heavy (non-hydrogen) atoms. The molecule has 1 aromatic heterocycles. The number of rotatable bonds is 7. The predicted octanol–water partition coefficient (Wildman–Crippen LogP) is 6.03. The first-order valence-electron chi connectivity index (χ1n) is 12.0. The van der Waals surface area contributed by atoms with Crippen LogP contribution in [0.5, 0.6) is 0 Å². The maximum atomic E-state index is 13.2. The quantitative estimate of drug-likeness (QED) is 0.427. The van der Waals surface area contributed by atoms with Gasteiger partial charge in [-0.1, -0.05) is 74.5 Å². The van der Waals surface area contributed by atoms with Crippen molar-refractivity contribution in [3.63, 3.8) is 0 Å². The molecule has 1 aliphatic heterocycles. The van der Waals surface area contributed by atoms with E-state index in [9.17, 15) is 9.59 Å². The number of hydrogen-bond acceptors (Lipinski definition) is 3. The van der Waals surface area contributed by atoms with Crippen LogP contribution in [0.3, 0.4) is 0 Å². The van der Waals surface area contributed by atoms with Crippen LogP contribution in [0, 0.1) is 5.92 Å². The molecule has 1 saturated heterocycles. The molecule has 1 atom stereocenters. The molecule has 0 bridgehead atoms. The molecule has 0 saturated carbocycles. The average Bonchev–Trinajstić information content (AvgIpc) is 3.41. The van der Waals surface area contributed by atoms with Crippen LogP contribution >= 0.6 is 11.3 Å². The summed E-state index contributed by atoms with van der Waals surface area (Å²) in [5.74, 6) is 0.460. The highest BCUT2D eigenvalue weighted by atomic mass is 32.1. The monoisotopic (exact) mass is 472 g/mol. The van der Waals surface area contributed by atoms with Gasteiger partial charge in [0.2, 0.25) is 11.8 Å². The Labute approximate surface area is 206 Å². The number of carbonyl (C=O) groups excluding carboxylic acids is 2. The van der Waals surface area contributed by atoms with Crippen molar-refractivity contribution in [2.45, 2.75) is 38.6 Å². The van der Waals surface area contributed by atoms with Crippen LogP contribution in [0.15, 0.2) is 78.2 Å². The summed E-state index contributed by atoms with van der Waals surface area (Å²) in [6.07, 6.45) is 4.83. The minimum atomic E-state index is -0.151. The first-order chi connectivity index (χ1) is 16.5. The van der Waals surface area contributed by atoms with Gasteiger partial charge in [0.25, 0.3) is 0 Å². The van der Waals surface area contributed by atoms with Crippen LogP contribution in [0.1, 0.15) is 60.2 Å². The SMILES string of the molecule is CC(C)c1ccc(C(NC(=O)C2CCN(C(=O)/C=C/c3ccccc3)CC2)c2cccs2)cc1. The molecular formula is C29H32N2O2S. The fourth-order valence-corrected chi connectivity index (χ4v) is 5.11. The lowest BCUT2D eigenvalue weighted by molar-refractivity contribution is -0.132. The standard InChI is InChI=1S/C29H32N2O2S/c1-21(2)23-11-13-24(14-12-23)28(26-9-6-20-34-26)30-29(33)25-16-18-31(19-17-25)27(32)15-10-22-7-4-3-5-8-22/h3-15,20-21,25,28H,16-19H2,1-2H3,(H,30,33)/b15-10+. The Hall–Kier alpha value is -3.18. The third-order valence-corrected chi connectivity index (χ3v) is 7.38. The van der Waals surface area contributed by atoms with E-state index in [0.717, 1.165) is 16.0 Å². The van der Waals surface area contributed by atoms with Crippen molar-refractivity contribution in [2.24, 2.45) is 5.92 Å². The van der Waals surface area contributed by atoms with Gasteiger partial charge in [0.05, 0.1) is 6.04 Å². The van der Waals surface area contributed by atoms with Crippen molar-refractivity contribution in [2.75, 3.05) is 13.1 Å². The Balaban J connectivity index is 1.36. The highest BCUT2D eigenvalue weighted by Gasteiger charge is 2.29. The summed E-state index contributed by atoms with van der Waals surface area (Å²) in [6, 6.07) is 22.3. The summed E-state index contributed by atoms with van der Waals surface area (Å²) in [7, 11) is 0. The van der Waals surface area contributed by atoms with Crippen LogP contribution in [-0.4, -0.2) is 29.8 Å². The highest BCUT2D eigenvalue weighted by Crippen LogP contribution is 2.29. The second kappa shape index (κ2) is 11.3. The summed E-state index contributed by atoms with van der Waals surface area (Å²) in [5.41, 5.74) is 3.39. The molecule has 5 heteroatoms. The van der Waals surface area contributed by atoms with Gasteiger partial charge in [-0.25, -0.2) is 0 Å². The second-order valence-corrected chi connectivity index (χ2v) is 10.1. The van der Waals surface area contributed by atoms with E-state index in [1.807, 2.05) is 52.8 Å². The Morgan fingerprint density at radius 3 is 2.24 bits per heavy atom. The molecule has 176 valence electrons. The molecule has 3 aromatic rings. The number of carbonyl (C=O) groups is 2. The molecule has 2 heterocycles. The molecule has 2 aromatic carbocycles. The Morgan fingerprint density at radius 1 is 0.941 bits per heavy atom. The van der Waals surface area contributed by atoms with Gasteiger partial charge in [0, 0.05) is 30.0 Å². The predicted molar refractivity (Wildman–Crippen MR) is 140 cm³/mol. The maximum absolute atomic E-state index is 13.2. The largest absolute Gasteiger partial charge is 0.344 e. The van der Waals surface area contributed by atoms with Gasteiger partial charge in [0.15, 0.2) is 0 Å². The second-order valence-electron chi connectivity index (χ2n) is 9.12. The normalized spacial score (nSPS) is 15.6. The topological polar surface area (TPSA) is 49.4 Å². The van der Waals surface area contributed by atoms with E-state index in [0.29, 0.717) is 31.8 Å². The number of likely N-dealkylation sites (tertiary alicyclic amines) is 1. The van der Waals surface area contributed by atoms with Crippen molar-refractivity contribution >= 4 is 29.2 Å². The Morgan fingerprint density at radius 2 is 1.62 bits per heavy atom. The lowest BCUT2D eigenvalue weighted by atomic mass is 9.94. The first-order valence-corrected chi connectivity index (χ1v) is 12.8. The summed E-state index contributed by atoms with van der Waals surface area (Å²) in [6.45, 7) is 5.57. The lowest BCUT2D eigenvalue weighted by Crippen LogP contribution is -2.43. The average molecular weight is 473 g/mol. The van der Waals surface area contributed by atoms with Gasteiger partial charge in [-0.15, -0.1) is 11.3 Å². The molecule has 4 nitrogen and oxygen atoms in total. The zero-order valence-corrected chi connectivity index (χ0v) is 20.6. The zero-order chi connectivity index (χ0) is 23.9. The van der Waals surface area contributed by atoms with E-state index in [1.54, 1.807) is 17.4 Å². The van der Waals surface area contributed by atoms with Gasteiger partial charge in [-0.2, -0.15) is 0 Å². The minimum absolute atomic E-state index is 0.00409. The first kappa shape index (κ1) is 24.0. The summed E-state index contributed by atoms with van der Waals surface area (Å²) in [5, 5.41) is 5.34. The summed E-state index contributed by atoms with van der Waals surface area (Å²) >= 11 is 1.66. The van der Waals surface area contributed by atoms with Crippen molar-refractivity contribution in [1.29, 1.82) is 0 Å². The number of amides is 2. The van der Waals surface area contributed by atoms with E-state index in [-0.39, 0.29) is 23.8 Å². The van der Waals surface area contributed by atoms with E-state index < -0.39 is 0 Å². The smallest absolute Gasteiger partial charge is 0.246 e. The van der Waals surface area contributed by atoms with Crippen molar-refractivity contribution in [1.82, 2.24) is 10.2 Å². The van der Waals surface area contributed by atoms with Crippen LogP contribution < -0.4 is 5.32 Å². The molecule has 1 N–H and O–H groups in total. The van der Waals surface area contributed by atoms with Crippen LogP contribution in [0.25, 0.3) is 6.08 Å². The molecule has 0 aliphatic carbocycles. The number of benzene rings is 2. The fourth-order valence-electron chi connectivity index (χ4n) is 4.31. The van der Waals surface area contributed by atoms with Gasteiger partial charge in [-0.3, -0.25) is 9.59 Å². The highest BCUT2D eigenvalue weighted by molar-refractivity contribution is 7.10. The van der Waals surface area contributed by atoms with E-state index in [4.69, 9.17) is 0 Å². The van der Waals surface area contributed by atoms with Crippen LogP contribution in [0.2, 0.25) is 0 Å². The molecule has 0 spiro atoms. The number of thiophene rings is 1. The number of piperidine rings is 1. The summed E-state index contributed by atoms with van der Waals surface area (Å²) in [4.78, 5) is 28.8. The third kappa shape index (κ3) is 6.03. The van der Waals surface area contributed by atoms with Crippen LogP contribution in [-0.2, 0) is 9.59 Å². The molecule has 0 radical (unpaired) electrons. The van der Waals surface area contributed by atoms with E-state index >= 15 is 0 Å². The Bertz CT molecular complexity index is 1100. The van der Waals surface area contributed by atoms with Gasteiger partial charge >= 0.3 is 0 Å². The van der Waals surface area contributed by atoms with Crippen LogP contribution in [0.4, 0.5) is 0 Å². The number of nitrogens with zero attached hydrogens (tertiary/aromatic N) is 1. The zero-order valence-electron chi connectivity index (χ0n) is 19.8. The molecule has 1 unspecified atom stereocenters. The molecule has 1 fully saturated rings. The summed E-state index contributed by atoms with van der Waals surface area (Å²) < 4.78 is 0. The molecule has 1 aliphatic rings. The molecule has 2 amide bonds.